The zero-order valence-corrected chi connectivity index (χ0v) is 14.4. The van der Waals surface area contributed by atoms with Gasteiger partial charge in [0, 0.05) is 31.2 Å². The Labute approximate surface area is 142 Å². The predicted octanol–water partition coefficient (Wildman–Crippen LogP) is 3.61. The Kier molecular flexibility index (Phi) is 5.53. The first-order chi connectivity index (χ1) is 11.8. The third-order valence-electron chi connectivity index (χ3n) is 4.58. The normalized spacial score (nSPS) is 18.2. The lowest BCUT2D eigenvalue weighted by Gasteiger charge is -2.35. The molecule has 1 atom stereocenters. The molecule has 1 aromatic heterocycles. The molecule has 3 rings (SSSR count). The van der Waals surface area contributed by atoms with Crippen molar-refractivity contribution in [3.05, 3.63) is 35.6 Å². The second-order valence-corrected chi connectivity index (χ2v) is 6.15. The minimum Gasteiger partial charge on any atom is -0.451 e. The van der Waals surface area contributed by atoms with Crippen molar-refractivity contribution in [3.8, 4) is 0 Å². The number of piperidine rings is 1. The second-order valence-electron chi connectivity index (χ2n) is 6.15. The Hall–Kier alpha value is -1.85. The second kappa shape index (κ2) is 7.81. The van der Waals surface area contributed by atoms with E-state index in [1.807, 2.05) is 36.1 Å². The number of fused-ring (bicyclic) bond motifs is 1. The van der Waals surface area contributed by atoms with E-state index in [0.717, 1.165) is 42.3 Å². The van der Waals surface area contributed by atoms with Crippen LogP contribution in [0.3, 0.4) is 0 Å². The van der Waals surface area contributed by atoms with Crippen molar-refractivity contribution in [2.75, 3.05) is 26.9 Å². The highest BCUT2D eigenvalue weighted by molar-refractivity contribution is 5.99. The summed E-state index contributed by atoms with van der Waals surface area (Å²) in [5.41, 5.74) is 1.56. The molecule has 0 saturated carbocycles. The number of ether oxygens (including phenoxy) is 2. The fourth-order valence-electron chi connectivity index (χ4n) is 3.38. The van der Waals surface area contributed by atoms with Crippen molar-refractivity contribution in [1.82, 2.24) is 4.90 Å². The summed E-state index contributed by atoms with van der Waals surface area (Å²) in [5, 5.41) is 0.945. The van der Waals surface area contributed by atoms with Crippen LogP contribution in [0, 0.1) is 0 Å². The lowest BCUT2D eigenvalue weighted by Crippen LogP contribution is -2.46. The van der Waals surface area contributed by atoms with Gasteiger partial charge in [0.2, 0.25) is 0 Å². The van der Waals surface area contributed by atoms with E-state index >= 15 is 0 Å². The summed E-state index contributed by atoms with van der Waals surface area (Å²) in [6.07, 6.45) is 3.13. The number of carbonyl (C=O) groups excluding carboxylic acids is 1. The van der Waals surface area contributed by atoms with E-state index in [2.05, 4.69) is 0 Å². The molecule has 5 heteroatoms. The predicted molar refractivity (Wildman–Crippen MR) is 92.1 cm³/mol. The lowest BCUT2D eigenvalue weighted by molar-refractivity contribution is 0.0318. The third-order valence-corrected chi connectivity index (χ3v) is 4.58. The maximum atomic E-state index is 13.2. The van der Waals surface area contributed by atoms with Gasteiger partial charge in [0.25, 0.3) is 5.91 Å². The molecule has 24 heavy (non-hydrogen) atoms. The highest BCUT2D eigenvalue weighted by Crippen LogP contribution is 2.29. The molecule has 130 valence electrons. The zero-order valence-electron chi connectivity index (χ0n) is 14.4. The van der Waals surface area contributed by atoms with Crippen LogP contribution in [0.2, 0.25) is 0 Å². The minimum atomic E-state index is -0.0531. The molecular weight excluding hydrogens is 306 g/mol. The van der Waals surface area contributed by atoms with Gasteiger partial charge in [-0.15, -0.1) is 0 Å². The van der Waals surface area contributed by atoms with Gasteiger partial charge in [-0.2, -0.15) is 0 Å². The summed E-state index contributed by atoms with van der Waals surface area (Å²) in [5.74, 6) is 0.351. The van der Waals surface area contributed by atoms with E-state index < -0.39 is 0 Å². The van der Waals surface area contributed by atoms with Crippen LogP contribution in [0.4, 0.5) is 0 Å². The highest BCUT2D eigenvalue weighted by Gasteiger charge is 2.31. The van der Waals surface area contributed by atoms with Crippen LogP contribution in [0.25, 0.3) is 11.0 Å². The Morgan fingerprint density at radius 2 is 2.17 bits per heavy atom. The maximum absolute atomic E-state index is 13.2. The number of hydrogen-bond donors (Lipinski definition) is 0. The van der Waals surface area contributed by atoms with Crippen LogP contribution in [0.5, 0.6) is 0 Å². The monoisotopic (exact) mass is 331 g/mol. The molecule has 1 amide bonds. The summed E-state index contributed by atoms with van der Waals surface area (Å²) in [6.45, 7) is 4.34. The molecule has 1 aliphatic heterocycles. The Morgan fingerprint density at radius 1 is 1.33 bits per heavy atom. The number of hydrogen-bond acceptors (Lipinski definition) is 4. The van der Waals surface area contributed by atoms with Crippen LogP contribution in [0.15, 0.2) is 28.7 Å². The summed E-state index contributed by atoms with van der Waals surface area (Å²) in [7, 11) is 1.63. The number of carbonyl (C=O) groups is 1. The van der Waals surface area contributed by atoms with Crippen LogP contribution in [-0.4, -0.2) is 43.7 Å². The Balaban J connectivity index is 1.93. The molecule has 5 nitrogen and oxygen atoms in total. The van der Waals surface area contributed by atoms with Gasteiger partial charge in [-0.3, -0.25) is 4.79 Å². The van der Waals surface area contributed by atoms with Gasteiger partial charge >= 0.3 is 0 Å². The van der Waals surface area contributed by atoms with Gasteiger partial charge in [-0.25, -0.2) is 0 Å². The van der Waals surface area contributed by atoms with Crippen molar-refractivity contribution >= 4 is 16.9 Å². The van der Waals surface area contributed by atoms with Crippen LogP contribution in [-0.2, 0) is 16.1 Å². The number of likely N-dealkylation sites (tertiary alicyclic amines) is 1. The number of para-hydroxylation sites is 1. The third kappa shape index (κ3) is 3.32. The average molecular weight is 331 g/mol. The molecule has 1 saturated heterocycles. The minimum absolute atomic E-state index is 0.0531. The first-order valence-corrected chi connectivity index (χ1v) is 8.64. The molecule has 1 unspecified atom stereocenters. The SMILES string of the molecule is CCOCC1CCCCN1C(=O)c1oc2ccccc2c1COC. The fourth-order valence-corrected chi connectivity index (χ4v) is 3.38. The molecule has 0 aliphatic carbocycles. The van der Waals surface area contributed by atoms with Crippen molar-refractivity contribution in [2.24, 2.45) is 0 Å². The van der Waals surface area contributed by atoms with Crippen LogP contribution < -0.4 is 0 Å². The summed E-state index contributed by atoms with van der Waals surface area (Å²) >= 11 is 0. The number of benzene rings is 1. The van der Waals surface area contributed by atoms with E-state index in [4.69, 9.17) is 13.9 Å². The molecule has 0 radical (unpaired) electrons. The lowest BCUT2D eigenvalue weighted by atomic mass is 10.0. The van der Waals surface area contributed by atoms with Crippen molar-refractivity contribution in [2.45, 2.75) is 38.8 Å². The largest absolute Gasteiger partial charge is 0.451 e. The van der Waals surface area contributed by atoms with E-state index in [-0.39, 0.29) is 11.9 Å². The number of furan rings is 1. The van der Waals surface area contributed by atoms with Gasteiger partial charge in [0.15, 0.2) is 5.76 Å². The van der Waals surface area contributed by atoms with Gasteiger partial charge in [-0.1, -0.05) is 18.2 Å². The van der Waals surface area contributed by atoms with E-state index in [9.17, 15) is 4.79 Å². The molecule has 2 heterocycles. The molecular formula is C19H25NO4. The van der Waals surface area contributed by atoms with E-state index in [0.29, 0.717) is 25.6 Å². The first kappa shape index (κ1) is 17.0. The Bertz CT molecular complexity index is 694. The molecule has 0 spiro atoms. The molecule has 0 N–H and O–H groups in total. The van der Waals surface area contributed by atoms with Gasteiger partial charge in [0.1, 0.15) is 5.58 Å². The van der Waals surface area contributed by atoms with Crippen LogP contribution >= 0.6 is 0 Å². The summed E-state index contributed by atoms with van der Waals surface area (Å²) < 4.78 is 16.8. The number of rotatable bonds is 6. The van der Waals surface area contributed by atoms with Crippen LogP contribution in [0.1, 0.15) is 42.3 Å². The first-order valence-electron chi connectivity index (χ1n) is 8.64. The summed E-state index contributed by atoms with van der Waals surface area (Å²) in [6, 6.07) is 7.84. The highest BCUT2D eigenvalue weighted by atomic mass is 16.5. The molecule has 1 aromatic carbocycles. The van der Waals surface area contributed by atoms with Crippen molar-refractivity contribution < 1.29 is 18.7 Å². The molecule has 0 bridgehead atoms. The zero-order chi connectivity index (χ0) is 16.9. The van der Waals surface area contributed by atoms with E-state index in [1.54, 1.807) is 7.11 Å². The average Bonchev–Trinajstić information content (AvgIpc) is 2.99. The maximum Gasteiger partial charge on any atom is 0.290 e. The van der Waals surface area contributed by atoms with E-state index in [1.165, 1.54) is 0 Å². The van der Waals surface area contributed by atoms with Crippen molar-refractivity contribution in [3.63, 3.8) is 0 Å². The van der Waals surface area contributed by atoms with Gasteiger partial charge in [0.05, 0.1) is 19.3 Å². The fraction of sp³-hybridized carbons (Fsp3) is 0.526. The van der Waals surface area contributed by atoms with Gasteiger partial charge in [-0.05, 0) is 32.3 Å². The number of nitrogens with zero attached hydrogens (tertiary/aromatic N) is 1. The molecule has 2 aromatic rings. The topological polar surface area (TPSA) is 51.9 Å². The van der Waals surface area contributed by atoms with Gasteiger partial charge < -0.3 is 18.8 Å². The number of amides is 1. The Morgan fingerprint density at radius 3 is 2.96 bits per heavy atom. The quantitative estimate of drug-likeness (QED) is 0.811. The summed E-state index contributed by atoms with van der Waals surface area (Å²) in [4.78, 5) is 15.1. The molecule has 1 aliphatic rings. The molecule has 1 fully saturated rings. The standard InChI is InChI=1S/C19H25NO4/c1-3-23-12-14-8-6-7-11-20(14)19(21)18-16(13-22-2)15-9-4-5-10-17(15)24-18/h4-5,9-10,14H,3,6-8,11-13H2,1-2H3. The van der Waals surface area contributed by atoms with Crippen molar-refractivity contribution in [1.29, 1.82) is 0 Å². The smallest absolute Gasteiger partial charge is 0.290 e. The number of methoxy groups -OCH3 is 1.